The molecule has 3 N–H and O–H groups in total. The average molecular weight is 267 g/mol. The Bertz CT molecular complexity index is 313. The van der Waals surface area contributed by atoms with Gasteiger partial charge in [0.15, 0.2) is 0 Å². The van der Waals surface area contributed by atoms with Crippen LogP contribution in [-0.4, -0.2) is 36.8 Å². The zero-order valence-electron chi connectivity index (χ0n) is 10.1. The van der Waals surface area contributed by atoms with E-state index in [0.717, 1.165) is 0 Å². The normalized spacial score (nSPS) is 14.0. The van der Waals surface area contributed by atoms with E-state index < -0.39 is 10.2 Å². The van der Waals surface area contributed by atoms with E-state index in [0.29, 0.717) is 30.9 Å². The lowest BCUT2D eigenvalue weighted by molar-refractivity contribution is 0.424. The van der Waals surface area contributed by atoms with Crippen LogP contribution < -0.4 is 10.5 Å². The second-order valence-corrected chi connectivity index (χ2v) is 5.71. The smallest absolute Gasteiger partial charge is 0.279 e. The molecule has 0 spiro atoms. The minimum atomic E-state index is -3.41. The van der Waals surface area contributed by atoms with E-state index in [1.165, 1.54) is 4.31 Å². The van der Waals surface area contributed by atoms with E-state index in [1.807, 2.05) is 6.92 Å². The fourth-order valence-corrected chi connectivity index (χ4v) is 3.06. The van der Waals surface area contributed by atoms with Gasteiger partial charge in [-0.25, -0.2) is 0 Å². The molecule has 1 unspecified atom stereocenters. The van der Waals surface area contributed by atoms with Gasteiger partial charge in [-0.1, -0.05) is 33.0 Å². The molecule has 0 rings (SSSR count). The van der Waals surface area contributed by atoms with Gasteiger partial charge in [0.25, 0.3) is 10.2 Å². The number of thiocarbonyl (C=S) groups is 1. The molecular weight excluding hydrogens is 246 g/mol. The predicted octanol–water partition coefficient (Wildman–Crippen LogP) is 0.617. The number of rotatable bonds is 8. The zero-order chi connectivity index (χ0) is 12.8. The van der Waals surface area contributed by atoms with E-state index >= 15 is 0 Å². The molecule has 96 valence electrons. The van der Waals surface area contributed by atoms with Crippen molar-refractivity contribution in [2.75, 3.05) is 13.1 Å². The second kappa shape index (κ2) is 7.16. The summed E-state index contributed by atoms with van der Waals surface area (Å²) in [5.74, 6) is 0. The molecule has 0 aromatic carbocycles. The Balaban J connectivity index is 4.59. The molecule has 16 heavy (non-hydrogen) atoms. The summed E-state index contributed by atoms with van der Waals surface area (Å²) in [5.41, 5.74) is 5.41. The molecule has 0 aromatic rings. The molecule has 0 heterocycles. The highest BCUT2D eigenvalue weighted by Gasteiger charge is 2.22. The van der Waals surface area contributed by atoms with Gasteiger partial charge in [-0.05, 0) is 6.42 Å². The van der Waals surface area contributed by atoms with Gasteiger partial charge in [0.05, 0.1) is 4.99 Å². The molecule has 0 amide bonds. The van der Waals surface area contributed by atoms with Gasteiger partial charge < -0.3 is 5.73 Å². The first kappa shape index (κ1) is 15.8. The summed E-state index contributed by atoms with van der Waals surface area (Å²) >= 11 is 4.78. The van der Waals surface area contributed by atoms with Gasteiger partial charge in [-0.3, -0.25) is 0 Å². The summed E-state index contributed by atoms with van der Waals surface area (Å²) < 4.78 is 27.7. The van der Waals surface area contributed by atoms with Crippen LogP contribution in [0.2, 0.25) is 0 Å². The van der Waals surface area contributed by atoms with Crippen molar-refractivity contribution in [2.24, 2.45) is 5.73 Å². The molecule has 0 bridgehead atoms. The van der Waals surface area contributed by atoms with Gasteiger partial charge in [0, 0.05) is 25.6 Å². The summed E-state index contributed by atoms with van der Waals surface area (Å²) in [4.78, 5) is 0.328. The molecule has 0 aliphatic rings. The van der Waals surface area contributed by atoms with Crippen molar-refractivity contribution >= 4 is 27.4 Å². The van der Waals surface area contributed by atoms with Crippen molar-refractivity contribution in [3.8, 4) is 0 Å². The highest BCUT2D eigenvalue weighted by atomic mass is 32.2. The Morgan fingerprint density at radius 2 is 1.88 bits per heavy atom. The minimum absolute atomic E-state index is 0.219. The maximum atomic E-state index is 11.9. The largest absolute Gasteiger partial charge is 0.393 e. The van der Waals surface area contributed by atoms with Gasteiger partial charge in [0.1, 0.15) is 0 Å². The van der Waals surface area contributed by atoms with Crippen molar-refractivity contribution in [2.45, 2.75) is 39.7 Å². The van der Waals surface area contributed by atoms with Crippen LogP contribution in [-0.2, 0) is 10.2 Å². The molecule has 0 saturated heterocycles. The average Bonchev–Trinajstić information content (AvgIpc) is 2.16. The minimum Gasteiger partial charge on any atom is -0.393 e. The standard InChI is InChI=1S/C9H21N3O2S2/c1-4-8(7-9(10)15)11-16(13,14)12(5-2)6-3/h8,11H,4-7H2,1-3H3,(H2,10,15). The van der Waals surface area contributed by atoms with Crippen LogP contribution in [0.15, 0.2) is 0 Å². The van der Waals surface area contributed by atoms with Crippen LogP contribution in [0.4, 0.5) is 0 Å². The molecule has 0 aliphatic carbocycles. The topological polar surface area (TPSA) is 75.4 Å². The first-order chi connectivity index (χ1) is 7.37. The maximum Gasteiger partial charge on any atom is 0.279 e. The Hall–Kier alpha value is -0.240. The summed E-state index contributed by atoms with van der Waals surface area (Å²) in [5, 5.41) is 0. The van der Waals surface area contributed by atoms with Crippen LogP contribution in [0.3, 0.4) is 0 Å². The highest BCUT2D eigenvalue weighted by molar-refractivity contribution is 7.87. The number of nitrogens with two attached hydrogens (primary N) is 1. The first-order valence-corrected chi connectivity index (χ1v) is 7.27. The summed E-state index contributed by atoms with van der Waals surface area (Å²) in [6.07, 6.45) is 1.06. The number of hydrogen-bond acceptors (Lipinski definition) is 3. The van der Waals surface area contributed by atoms with E-state index in [1.54, 1.807) is 13.8 Å². The molecule has 1 atom stereocenters. The Morgan fingerprint density at radius 1 is 1.38 bits per heavy atom. The van der Waals surface area contributed by atoms with E-state index in [9.17, 15) is 8.42 Å². The van der Waals surface area contributed by atoms with Crippen molar-refractivity contribution in [3.05, 3.63) is 0 Å². The molecule has 0 aliphatic heterocycles. The van der Waals surface area contributed by atoms with Gasteiger partial charge in [0.2, 0.25) is 0 Å². The van der Waals surface area contributed by atoms with Crippen molar-refractivity contribution < 1.29 is 8.42 Å². The predicted molar refractivity (Wildman–Crippen MR) is 70.5 cm³/mol. The Morgan fingerprint density at radius 3 is 2.19 bits per heavy atom. The van der Waals surface area contributed by atoms with Crippen LogP contribution in [0.25, 0.3) is 0 Å². The zero-order valence-corrected chi connectivity index (χ0v) is 11.7. The van der Waals surface area contributed by atoms with Crippen LogP contribution in [0, 0.1) is 0 Å². The number of nitrogens with one attached hydrogen (secondary N) is 1. The molecule has 5 nitrogen and oxygen atoms in total. The van der Waals surface area contributed by atoms with Gasteiger partial charge in [-0.2, -0.15) is 17.4 Å². The monoisotopic (exact) mass is 267 g/mol. The van der Waals surface area contributed by atoms with Gasteiger partial charge in [-0.15, -0.1) is 0 Å². The molecule has 7 heteroatoms. The Labute approximate surface area is 104 Å². The lowest BCUT2D eigenvalue weighted by atomic mass is 10.2. The SMILES string of the molecule is CCC(CC(N)=S)NS(=O)(=O)N(CC)CC. The lowest BCUT2D eigenvalue weighted by Crippen LogP contribution is -2.46. The second-order valence-electron chi connectivity index (χ2n) is 3.48. The maximum absolute atomic E-state index is 11.9. The lowest BCUT2D eigenvalue weighted by Gasteiger charge is -2.23. The quantitative estimate of drug-likeness (QED) is 0.632. The molecular formula is C9H21N3O2S2. The first-order valence-electron chi connectivity index (χ1n) is 5.43. The van der Waals surface area contributed by atoms with Crippen LogP contribution in [0.1, 0.15) is 33.6 Å². The summed E-state index contributed by atoms with van der Waals surface area (Å²) in [6, 6.07) is -0.219. The number of nitrogens with zero attached hydrogens (tertiary/aromatic N) is 1. The fourth-order valence-electron chi connectivity index (χ4n) is 1.36. The van der Waals surface area contributed by atoms with Crippen molar-refractivity contribution in [1.82, 2.24) is 9.03 Å². The van der Waals surface area contributed by atoms with E-state index in [4.69, 9.17) is 18.0 Å². The van der Waals surface area contributed by atoms with Gasteiger partial charge >= 0.3 is 0 Å². The van der Waals surface area contributed by atoms with Crippen molar-refractivity contribution in [3.63, 3.8) is 0 Å². The summed E-state index contributed by atoms with van der Waals surface area (Å²) in [7, 11) is -3.41. The molecule has 0 radical (unpaired) electrons. The van der Waals surface area contributed by atoms with E-state index in [-0.39, 0.29) is 6.04 Å². The summed E-state index contributed by atoms with van der Waals surface area (Å²) in [6.45, 7) is 6.41. The Kier molecular flexibility index (Phi) is 7.05. The fraction of sp³-hybridized carbons (Fsp3) is 0.889. The van der Waals surface area contributed by atoms with Crippen LogP contribution in [0.5, 0.6) is 0 Å². The molecule has 0 saturated carbocycles. The third kappa shape index (κ3) is 5.20. The number of hydrogen-bond donors (Lipinski definition) is 2. The highest BCUT2D eigenvalue weighted by Crippen LogP contribution is 2.04. The van der Waals surface area contributed by atoms with E-state index in [2.05, 4.69) is 4.72 Å². The third-order valence-electron chi connectivity index (χ3n) is 2.30. The van der Waals surface area contributed by atoms with Crippen molar-refractivity contribution in [1.29, 1.82) is 0 Å². The molecule has 0 aromatic heterocycles. The van der Waals surface area contributed by atoms with Crippen LogP contribution >= 0.6 is 12.2 Å². The third-order valence-corrected chi connectivity index (χ3v) is 4.30. The molecule has 0 fully saturated rings.